The van der Waals surface area contributed by atoms with Crippen LogP contribution in [0.25, 0.3) is 0 Å². The van der Waals surface area contributed by atoms with E-state index >= 15 is 0 Å². The summed E-state index contributed by atoms with van der Waals surface area (Å²) in [5.74, 6) is 1.88. The van der Waals surface area contributed by atoms with E-state index in [1.54, 1.807) is 6.07 Å². The summed E-state index contributed by atoms with van der Waals surface area (Å²) in [6.07, 6.45) is 0. The Morgan fingerprint density at radius 1 is 1.24 bits per heavy atom. The van der Waals surface area contributed by atoms with Crippen LogP contribution in [0.15, 0.2) is 30.3 Å². The van der Waals surface area contributed by atoms with E-state index < -0.39 is 0 Å². The number of hydrogen-bond donors (Lipinski definition) is 1. The van der Waals surface area contributed by atoms with Crippen LogP contribution in [0.1, 0.15) is 23.9 Å². The number of benzene rings is 1. The molecule has 2 N–H and O–H groups in total. The van der Waals surface area contributed by atoms with Crippen molar-refractivity contribution in [2.24, 2.45) is 0 Å². The number of anilines is 2. The fourth-order valence-corrected chi connectivity index (χ4v) is 2.08. The molecule has 1 heterocycles. The maximum atomic E-state index is 5.86. The molecule has 5 nitrogen and oxygen atoms in total. The summed E-state index contributed by atoms with van der Waals surface area (Å²) in [5.41, 5.74) is 8.39. The standard InChI is InChI=1S/C16H22N4O/c1-4-21-11-15-18-14(17)9-16(19-15)20(3)10-13-8-6-5-7-12(13)2/h5-9H,4,10-11H2,1-3H3,(H2,17,18,19). The minimum atomic E-state index is 0.382. The molecule has 0 radical (unpaired) electrons. The molecule has 0 spiro atoms. The maximum Gasteiger partial charge on any atom is 0.158 e. The minimum absolute atomic E-state index is 0.382. The number of nitrogens with zero attached hydrogens (tertiary/aromatic N) is 3. The van der Waals surface area contributed by atoms with E-state index in [9.17, 15) is 0 Å². The molecule has 21 heavy (non-hydrogen) atoms. The maximum absolute atomic E-state index is 5.86. The highest BCUT2D eigenvalue weighted by Gasteiger charge is 2.09. The highest BCUT2D eigenvalue weighted by molar-refractivity contribution is 5.47. The fraction of sp³-hybridized carbons (Fsp3) is 0.375. The summed E-state index contributed by atoms with van der Waals surface area (Å²) in [6, 6.07) is 10.1. The highest BCUT2D eigenvalue weighted by Crippen LogP contribution is 2.17. The van der Waals surface area contributed by atoms with Crippen LogP contribution >= 0.6 is 0 Å². The van der Waals surface area contributed by atoms with Crippen molar-refractivity contribution in [3.8, 4) is 0 Å². The van der Waals surface area contributed by atoms with Crippen LogP contribution in [0.4, 0.5) is 11.6 Å². The number of ether oxygens (including phenoxy) is 1. The molecule has 2 rings (SSSR count). The van der Waals surface area contributed by atoms with Crippen LogP contribution in [-0.4, -0.2) is 23.6 Å². The molecule has 0 bridgehead atoms. The van der Waals surface area contributed by atoms with Gasteiger partial charge in [-0.15, -0.1) is 0 Å². The Labute approximate surface area is 125 Å². The number of aryl methyl sites for hydroxylation is 1. The van der Waals surface area contributed by atoms with Gasteiger partial charge < -0.3 is 15.4 Å². The van der Waals surface area contributed by atoms with E-state index in [1.165, 1.54) is 11.1 Å². The van der Waals surface area contributed by atoms with Crippen molar-refractivity contribution in [3.63, 3.8) is 0 Å². The van der Waals surface area contributed by atoms with Crippen LogP contribution in [0.5, 0.6) is 0 Å². The molecule has 0 fully saturated rings. The van der Waals surface area contributed by atoms with Crippen LogP contribution in [-0.2, 0) is 17.9 Å². The average molecular weight is 286 g/mol. The van der Waals surface area contributed by atoms with E-state index in [1.807, 2.05) is 26.1 Å². The van der Waals surface area contributed by atoms with Gasteiger partial charge in [0.15, 0.2) is 5.82 Å². The Balaban J connectivity index is 2.16. The van der Waals surface area contributed by atoms with Crippen LogP contribution in [0.3, 0.4) is 0 Å². The molecule has 0 aliphatic carbocycles. The van der Waals surface area contributed by atoms with Gasteiger partial charge in [0.1, 0.15) is 18.2 Å². The zero-order valence-corrected chi connectivity index (χ0v) is 12.8. The van der Waals surface area contributed by atoms with Crippen molar-refractivity contribution < 1.29 is 4.74 Å². The second-order valence-electron chi connectivity index (χ2n) is 4.99. The molecule has 0 saturated heterocycles. The summed E-state index contributed by atoms with van der Waals surface area (Å²) in [5, 5.41) is 0. The molecule has 1 aromatic heterocycles. The van der Waals surface area contributed by atoms with Crippen molar-refractivity contribution in [2.45, 2.75) is 27.0 Å². The Bertz CT molecular complexity index is 601. The van der Waals surface area contributed by atoms with Crippen LogP contribution in [0.2, 0.25) is 0 Å². The monoisotopic (exact) mass is 286 g/mol. The van der Waals surface area contributed by atoms with Gasteiger partial charge in [-0.2, -0.15) is 0 Å². The van der Waals surface area contributed by atoms with Crippen LogP contribution < -0.4 is 10.6 Å². The second-order valence-corrected chi connectivity index (χ2v) is 4.99. The minimum Gasteiger partial charge on any atom is -0.384 e. The Kier molecular flexibility index (Phi) is 5.11. The van der Waals surface area contributed by atoms with Gasteiger partial charge in [0.2, 0.25) is 0 Å². The number of nitrogens with two attached hydrogens (primary N) is 1. The summed E-state index contributed by atoms with van der Waals surface area (Å²) in [4.78, 5) is 10.8. The van der Waals surface area contributed by atoms with Crippen LogP contribution in [0, 0.1) is 6.92 Å². The first-order chi connectivity index (χ1) is 10.1. The van der Waals surface area contributed by atoms with Gasteiger partial charge in [-0.25, -0.2) is 9.97 Å². The smallest absolute Gasteiger partial charge is 0.158 e. The molecule has 0 atom stereocenters. The molecular formula is C16H22N4O. The zero-order chi connectivity index (χ0) is 15.2. The summed E-state index contributed by atoms with van der Waals surface area (Å²) >= 11 is 0. The van der Waals surface area contributed by atoms with E-state index in [-0.39, 0.29) is 0 Å². The molecule has 0 unspecified atom stereocenters. The summed E-state index contributed by atoms with van der Waals surface area (Å²) in [6.45, 7) is 5.84. The van der Waals surface area contributed by atoms with Crippen molar-refractivity contribution in [1.82, 2.24) is 9.97 Å². The highest BCUT2D eigenvalue weighted by atomic mass is 16.5. The van der Waals surface area contributed by atoms with Gasteiger partial charge in [-0.1, -0.05) is 24.3 Å². The van der Waals surface area contributed by atoms with Gasteiger partial charge in [-0.05, 0) is 25.0 Å². The zero-order valence-electron chi connectivity index (χ0n) is 12.8. The quantitative estimate of drug-likeness (QED) is 0.884. The lowest BCUT2D eigenvalue weighted by Crippen LogP contribution is -2.20. The SMILES string of the molecule is CCOCc1nc(N)cc(N(C)Cc2ccccc2C)n1. The number of nitrogen functional groups attached to an aromatic ring is 1. The van der Waals surface area contributed by atoms with E-state index in [4.69, 9.17) is 10.5 Å². The predicted octanol–water partition coefficient (Wildman–Crippen LogP) is 2.54. The van der Waals surface area contributed by atoms with Crippen molar-refractivity contribution in [1.29, 1.82) is 0 Å². The van der Waals surface area contributed by atoms with E-state index in [0.29, 0.717) is 24.9 Å². The Morgan fingerprint density at radius 2 is 2.00 bits per heavy atom. The molecular weight excluding hydrogens is 264 g/mol. The average Bonchev–Trinajstić information content (AvgIpc) is 2.47. The molecule has 5 heteroatoms. The molecule has 0 amide bonds. The molecule has 0 aliphatic rings. The van der Waals surface area contributed by atoms with Crippen molar-refractivity contribution in [2.75, 3.05) is 24.3 Å². The third-order valence-corrected chi connectivity index (χ3v) is 3.27. The molecule has 112 valence electrons. The largest absolute Gasteiger partial charge is 0.384 e. The normalized spacial score (nSPS) is 10.6. The number of rotatable bonds is 6. The summed E-state index contributed by atoms with van der Waals surface area (Å²) < 4.78 is 5.35. The number of hydrogen-bond acceptors (Lipinski definition) is 5. The number of aromatic nitrogens is 2. The molecule has 1 aromatic carbocycles. The lowest BCUT2D eigenvalue weighted by Gasteiger charge is -2.20. The Morgan fingerprint density at radius 3 is 2.71 bits per heavy atom. The lowest BCUT2D eigenvalue weighted by atomic mass is 10.1. The third kappa shape index (κ3) is 4.16. The molecule has 0 saturated carbocycles. The van der Waals surface area contributed by atoms with Crippen molar-refractivity contribution >= 4 is 11.6 Å². The Hall–Kier alpha value is -2.14. The first-order valence-corrected chi connectivity index (χ1v) is 7.07. The first-order valence-electron chi connectivity index (χ1n) is 7.07. The van der Waals surface area contributed by atoms with Gasteiger partial charge in [0.05, 0.1) is 0 Å². The summed E-state index contributed by atoms with van der Waals surface area (Å²) in [7, 11) is 2.00. The van der Waals surface area contributed by atoms with Gasteiger partial charge in [-0.3, -0.25) is 0 Å². The van der Waals surface area contributed by atoms with Gasteiger partial charge in [0.25, 0.3) is 0 Å². The molecule has 2 aromatic rings. The second kappa shape index (κ2) is 7.04. The molecule has 0 aliphatic heterocycles. The third-order valence-electron chi connectivity index (χ3n) is 3.27. The van der Waals surface area contributed by atoms with Gasteiger partial charge in [0, 0.05) is 26.3 Å². The fourth-order valence-electron chi connectivity index (χ4n) is 2.08. The first kappa shape index (κ1) is 15.3. The van der Waals surface area contributed by atoms with E-state index in [2.05, 4.69) is 33.9 Å². The lowest BCUT2D eigenvalue weighted by molar-refractivity contribution is 0.128. The van der Waals surface area contributed by atoms with Crippen molar-refractivity contribution in [3.05, 3.63) is 47.3 Å². The van der Waals surface area contributed by atoms with E-state index in [0.717, 1.165) is 12.4 Å². The predicted molar refractivity (Wildman–Crippen MR) is 85.1 cm³/mol. The topological polar surface area (TPSA) is 64.3 Å². The van der Waals surface area contributed by atoms with Gasteiger partial charge >= 0.3 is 0 Å².